The number of amides is 3. The van der Waals surface area contributed by atoms with Crippen LogP contribution >= 0.6 is 67.8 Å². The summed E-state index contributed by atoms with van der Waals surface area (Å²) in [5, 5.41) is 35.1. The molecule has 0 spiro atoms. The van der Waals surface area contributed by atoms with Crippen molar-refractivity contribution in [2.45, 2.75) is 19.4 Å². The normalized spacial score (nSPS) is 11.7. The number of nitrogens with one attached hydrogen (secondary N) is 3. The van der Waals surface area contributed by atoms with Crippen molar-refractivity contribution in [3.63, 3.8) is 0 Å². The van der Waals surface area contributed by atoms with Crippen molar-refractivity contribution in [1.82, 2.24) is 10.6 Å². The first-order valence-electron chi connectivity index (χ1n) is 8.09. The van der Waals surface area contributed by atoms with E-state index in [2.05, 4.69) is 16.0 Å². The van der Waals surface area contributed by atoms with E-state index in [1.165, 1.54) is 6.92 Å². The Hall–Kier alpha value is -0.300. The maximum Gasteiger partial charge on any atom is 0.253 e. The number of hydrogen-bond acceptors (Lipinski definition) is 6. The largest absolute Gasteiger partial charge is 0.396 e. The predicted molar refractivity (Wildman–Crippen MR) is 128 cm³/mol. The SMILES string of the molecule is CC(=O)Nc1c(I)c(C(=O)NCCCO)c(I)c(C(=O)NCC(O)CO)c1I. The van der Waals surface area contributed by atoms with Gasteiger partial charge in [-0.15, -0.1) is 0 Å². The van der Waals surface area contributed by atoms with E-state index in [-0.39, 0.29) is 36.7 Å². The third-order valence-electron chi connectivity index (χ3n) is 3.40. The molecule has 1 atom stereocenters. The van der Waals surface area contributed by atoms with Crippen LogP contribution < -0.4 is 16.0 Å². The van der Waals surface area contributed by atoms with Crippen LogP contribution in [0, 0.1) is 10.7 Å². The Morgan fingerprint density at radius 3 is 1.96 bits per heavy atom. The molecule has 6 N–H and O–H groups in total. The third-order valence-corrected chi connectivity index (χ3v) is 6.64. The van der Waals surface area contributed by atoms with Crippen LogP contribution in [0.15, 0.2) is 0 Å². The molecule has 0 aliphatic heterocycles. The Labute approximate surface area is 202 Å². The molecule has 0 heterocycles. The summed E-state index contributed by atoms with van der Waals surface area (Å²) in [4.78, 5) is 37.0. The van der Waals surface area contributed by atoms with Gasteiger partial charge in [-0.25, -0.2) is 0 Å². The monoisotopic (exact) mass is 731 g/mol. The highest BCUT2D eigenvalue weighted by Crippen LogP contribution is 2.35. The predicted octanol–water partition coefficient (Wildman–Crippen LogP) is 0.654. The zero-order valence-electron chi connectivity index (χ0n) is 14.8. The Bertz CT molecular complexity index is 760. The summed E-state index contributed by atoms with van der Waals surface area (Å²) < 4.78 is 1.32. The highest BCUT2D eigenvalue weighted by molar-refractivity contribution is 14.1. The molecule has 9 nitrogen and oxygen atoms in total. The van der Waals surface area contributed by atoms with E-state index in [1.807, 2.05) is 67.8 Å². The van der Waals surface area contributed by atoms with E-state index < -0.39 is 24.5 Å². The lowest BCUT2D eigenvalue weighted by molar-refractivity contribution is -0.114. The number of carbonyl (C=O) groups is 3. The molecule has 1 aromatic rings. The van der Waals surface area contributed by atoms with Crippen molar-refractivity contribution in [3.8, 4) is 0 Å². The van der Waals surface area contributed by atoms with Crippen molar-refractivity contribution in [2.75, 3.05) is 31.6 Å². The molecule has 1 unspecified atom stereocenters. The quantitative estimate of drug-likeness (QED) is 0.163. The highest BCUT2D eigenvalue weighted by atomic mass is 127. The lowest BCUT2D eigenvalue weighted by Crippen LogP contribution is -2.36. The van der Waals surface area contributed by atoms with Crippen LogP contribution in [0.1, 0.15) is 34.1 Å². The lowest BCUT2D eigenvalue weighted by Gasteiger charge is -2.19. The van der Waals surface area contributed by atoms with E-state index >= 15 is 0 Å². The Morgan fingerprint density at radius 2 is 1.50 bits per heavy atom. The van der Waals surface area contributed by atoms with E-state index in [1.54, 1.807) is 0 Å². The Kier molecular flexibility index (Phi) is 11.4. The summed E-state index contributed by atoms with van der Waals surface area (Å²) >= 11 is 5.76. The molecule has 1 aromatic carbocycles. The number of aliphatic hydroxyl groups excluding tert-OH is 3. The van der Waals surface area contributed by atoms with Crippen LogP contribution in [0.3, 0.4) is 0 Å². The number of aliphatic hydroxyl groups is 3. The van der Waals surface area contributed by atoms with Gasteiger partial charge in [0.25, 0.3) is 11.8 Å². The molecule has 12 heteroatoms. The fraction of sp³-hybridized carbons (Fsp3) is 0.438. The van der Waals surface area contributed by atoms with Crippen molar-refractivity contribution in [1.29, 1.82) is 0 Å². The number of hydrogen-bond donors (Lipinski definition) is 6. The van der Waals surface area contributed by atoms with Gasteiger partial charge in [-0.1, -0.05) is 0 Å². The molecule has 3 amide bonds. The molecule has 0 aromatic heterocycles. The maximum atomic E-state index is 12.7. The summed E-state index contributed by atoms with van der Waals surface area (Å²) in [6, 6.07) is 0. The number of halogens is 3. The Balaban J connectivity index is 3.44. The summed E-state index contributed by atoms with van der Waals surface area (Å²) in [6.07, 6.45) is -0.729. The fourth-order valence-corrected chi connectivity index (χ4v) is 6.50. The second kappa shape index (κ2) is 12.4. The molecule has 0 saturated heterocycles. The smallest absolute Gasteiger partial charge is 0.253 e. The average Bonchev–Trinajstić information content (AvgIpc) is 2.63. The van der Waals surface area contributed by atoms with Crippen LogP contribution in [0.25, 0.3) is 0 Å². The third kappa shape index (κ3) is 6.89. The second-order valence-electron chi connectivity index (χ2n) is 5.63. The fourth-order valence-electron chi connectivity index (χ4n) is 2.08. The van der Waals surface area contributed by atoms with Gasteiger partial charge in [0.1, 0.15) is 0 Å². The minimum atomic E-state index is -1.11. The topological polar surface area (TPSA) is 148 Å². The molecule has 0 saturated carbocycles. The van der Waals surface area contributed by atoms with Gasteiger partial charge in [-0.3, -0.25) is 14.4 Å². The zero-order valence-corrected chi connectivity index (χ0v) is 21.3. The van der Waals surface area contributed by atoms with Crippen LogP contribution in [0.2, 0.25) is 0 Å². The van der Waals surface area contributed by atoms with Gasteiger partial charge in [0.05, 0.1) is 36.7 Å². The molecular formula is C16H20I3N3O6. The number of rotatable bonds is 9. The molecule has 28 heavy (non-hydrogen) atoms. The van der Waals surface area contributed by atoms with E-state index in [4.69, 9.17) is 10.2 Å². The van der Waals surface area contributed by atoms with E-state index in [9.17, 15) is 19.5 Å². The average molecular weight is 731 g/mol. The first-order chi connectivity index (χ1) is 13.1. The number of benzene rings is 1. The lowest BCUT2D eigenvalue weighted by atomic mass is 10.1. The van der Waals surface area contributed by atoms with Gasteiger partial charge in [-0.05, 0) is 74.2 Å². The van der Waals surface area contributed by atoms with Gasteiger partial charge in [-0.2, -0.15) is 0 Å². The summed E-state index contributed by atoms with van der Waals surface area (Å²) in [7, 11) is 0. The Morgan fingerprint density at radius 1 is 0.964 bits per heavy atom. The molecule has 156 valence electrons. The standard InChI is InChI=1S/C16H20I3N3O6/c1-7(25)22-14-12(18)9(15(27)20-3-2-4-23)11(17)10(13(14)19)16(28)21-5-8(26)6-24/h8,23-24,26H,2-6H2,1H3,(H,20,27)(H,21,28)(H,22,25). The number of carbonyl (C=O) groups excluding carboxylic acids is 3. The van der Waals surface area contributed by atoms with Crippen molar-refractivity contribution >= 4 is 91.2 Å². The van der Waals surface area contributed by atoms with Crippen molar-refractivity contribution < 1.29 is 29.7 Å². The first-order valence-corrected chi connectivity index (χ1v) is 11.3. The van der Waals surface area contributed by atoms with E-state index in [0.717, 1.165) is 0 Å². The minimum Gasteiger partial charge on any atom is -0.396 e. The van der Waals surface area contributed by atoms with Crippen LogP contribution in [0.4, 0.5) is 5.69 Å². The number of anilines is 1. The minimum absolute atomic E-state index is 0.0703. The van der Waals surface area contributed by atoms with Crippen LogP contribution in [0.5, 0.6) is 0 Å². The second-order valence-corrected chi connectivity index (χ2v) is 8.86. The zero-order chi connectivity index (χ0) is 21.4. The van der Waals surface area contributed by atoms with Gasteiger partial charge in [0.2, 0.25) is 5.91 Å². The summed E-state index contributed by atoms with van der Waals surface area (Å²) in [5.74, 6) is -1.34. The highest BCUT2D eigenvalue weighted by Gasteiger charge is 2.28. The van der Waals surface area contributed by atoms with Crippen LogP contribution in [-0.4, -0.2) is 65.4 Å². The summed E-state index contributed by atoms with van der Waals surface area (Å²) in [6.45, 7) is 0.840. The van der Waals surface area contributed by atoms with Gasteiger partial charge in [0, 0.05) is 30.2 Å². The van der Waals surface area contributed by atoms with Gasteiger partial charge >= 0.3 is 0 Å². The van der Waals surface area contributed by atoms with E-state index in [0.29, 0.717) is 22.8 Å². The molecule has 0 radical (unpaired) electrons. The molecule has 0 bridgehead atoms. The molecule has 1 rings (SSSR count). The van der Waals surface area contributed by atoms with Crippen molar-refractivity contribution in [2.24, 2.45) is 0 Å². The van der Waals surface area contributed by atoms with Gasteiger partial charge in [0.15, 0.2) is 0 Å². The maximum absolute atomic E-state index is 12.7. The van der Waals surface area contributed by atoms with Crippen LogP contribution in [-0.2, 0) is 4.79 Å². The molecule has 0 aliphatic carbocycles. The van der Waals surface area contributed by atoms with Crippen molar-refractivity contribution in [3.05, 3.63) is 21.8 Å². The summed E-state index contributed by atoms with van der Waals surface area (Å²) in [5.41, 5.74) is 0.758. The molecule has 0 fully saturated rings. The van der Waals surface area contributed by atoms with Gasteiger partial charge < -0.3 is 31.3 Å². The first kappa shape index (κ1) is 25.7. The molecule has 0 aliphatic rings. The molecular weight excluding hydrogens is 711 g/mol.